The van der Waals surface area contributed by atoms with Crippen LogP contribution in [0.1, 0.15) is 73.3 Å². The van der Waals surface area contributed by atoms with E-state index in [0.717, 1.165) is 23.1 Å². The first-order valence-corrected chi connectivity index (χ1v) is 9.64. The average Bonchev–Trinajstić information content (AvgIpc) is 2.62. The lowest BCUT2D eigenvalue weighted by atomic mass is 9.76. The van der Waals surface area contributed by atoms with E-state index in [1.807, 2.05) is 27.7 Å². The van der Waals surface area contributed by atoms with Gasteiger partial charge in [-0.1, -0.05) is 18.5 Å². The van der Waals surface area contributed by atoms with E-state index in [1.165, 1.54) is 0 Å². The van der Waals surface area contributed by atoms with Crippen molar-refractivity contribution < 1.29 is 19.1 Å². The molecular weight excluding hydrogens is 345 g/mol. The molecule has 2 rings (SSSR count). The predicted octanol–water partition coefficient (Wildman–Crippen LogP) is 5.51. The summed E-state index contributed by atoms with van der Waals surface area (Å²) in [4.78, 5) is 18.0. The van der Waals surface area contributed by atoms with Gasteiger partial charge in [-0.25, -0.2) is 4.39 Å². The normalized spacial score (nSPS) is 18.3. The van der Waals surface area contributed by atoms with Crippen LogP contribution in [0.25, 0.3) is 0 Å². The predicted molar refractivity (Wildman–Crippen MR) is 106 cm³/mol. The molecule has 148 valence electrons. The molecule has 1 aliphatic carbocycles. The van der Waals surface area contributed by atoms with Gasteiger partial charge in [0.25, 0.3) is 0 Å². The molecule has 4 nitrogen and oxygen atoms in total. The maximum Gasteiger partial charge on any atom is 0.168 e. The minimum absolute atomic E-state index is 0.0283. The van der Waals surface area contributed by atoms with E-state index in [0.29, 0.717) is 36.3 Å². The number of benzene rings is 1. The second-order valence-electron chi connectivity index (χ2n) is 7.28. The smallest absolute Gasteiger partial charge is 0.168 e. The van der Waals surface area contributed by atoms with Crippen molar-refractivity contribution in [3.8, 4) is 0 Å². The SMILES string of the molecule is CCC/C(=N\OCC)C1=C(O)CC(c2c(C)c(C)c(C)c(F)c2C)CC1=O. The van der Waals surface area contributed by atoms with Gasteiger partial charge in [0.2, 0.25) is 0 Å². The Balaban J connectivity index is 2.48. The van der Waals surface area contributed by atoms with Crippen molar-refractivity contribution in [1.82, 2.24) is 0 Å². The second kappa shape index (κ2) is 8.68. The molecule has 5 heteroatoms. The number of carbonyl (C=O) groups excluding carboxylic acids is 1. The number of aliphatic hydroxyl groups excluding tert-OH is 1. The monoisotopic (exact) mass is 375 g/mol. The van der Waals surface area contributed by atoms with E-state index in [1.54, 1.807) is 13.8 Å². The van der Waals surface area contributed by atoms with Crippen molar-refractivity contribution in [2.45, 2.75) is 73.1 Å². The Hall–Kier alpha value is -2.17. The van der Waals surface area contributed by atoms with Crippen LogP contribution in [-0.2, 0) is 9.63 Å². The third-order valence-electron chi connectivity index (χ3n) is 5.52. The number of oxime groups is 1. The number of nitrogens with zero attached hydrogens (tertiary/aromatic N) is 1. The van der Waals surface area contributed by atoms with Crippen LogP contribution in [-0.4, -0.2) is 23.2 Å². The number of ketones is 1. The largest absolute Gasteiger partial charge is 0.511 e. The molecule has 0 spiro atoms. The van der Waals surface area contributed by atoms with E-state index in [2.05, 4.69) is 5.16 Å². The third-order valence-corrected chi connectivity index (χ3v) is 5.52. The summed E-state index contributed by atoms with van der Waals surface area (Å²) in [6, 6.07) is 0. The first kappa shape index (κ1) is 21.1. The molecule has 1 N–H and O–H groups in total. The van der Waals surface area contributed by atoms with Crippen LogP contribution in [0, 0.1) is 33.5 Å². The molecule has 1 aliphatic rings. The number of aliphatic hydroxyl groups is 1. The quantitative estimate of drug-likeness (QED) is 0.527. The molecule has 1 aromatic rings. The van der Waals surface area contributed by atoms with Gasteiger partial charge in [0.15, 0.2) is 5.78 Å². The molecule has 0 amide bonds. The molecule has 27 heavy (non-hydrogen) atoms. The van der Waals surface area contributed by atoms with Gasteiger partial charge in [0.1, 0.15) is 18.2 Å². The van der Waals surface area contributed by atoms with E-state index in [-0.39, 0.29) is 35.3 Å². The number of carbonyl (C=O) groups is 1. The van der Waals surface area contributed by atoms with Gasteiger partial charge in [-0.3, -0.25) is 4.79 Å². The van der Waals surface area contributed by atoms with Gasteiger partial charge in [-0.15, -0.1) is 0 Å². The lowest BCUT2D eigenvalue weighted by molar-refractivity contribution is -0.116. The highest BCUT2D eigenvalue weighted by Gasteiger charge is 2.33. The summed E-state index contributed by atoms with van der Waals surface area (Å²) in [6.45, 7) is 11.6. The van der Waals surface area contributed by atoms with Gasteiger partial charge in [0.05, 0.1) is 11.3 Å². The van der Waals surface area contributed by atoms with Crippen molar-refractivity contribution in [2.75, 3.05) is 6.61 Å². The molecule has 1 unspecified atom stereocenters. The summed E-state index contributed by atoms with van der Waals surface area (Å²) in [5.41, 5.74) is 4.73. The van der Waals surface area contributed by atoms with Gasteiger partial charge >= 0.3 is 0 Å². The summed E-state index contributed by atoms with van der Waals surface area (Å²) >= 11 is 0. The molecule has 0 saturated carbocycles. The lowest BCUT2D eigenvalue weighted by Gasteiger charge is -2.28. The Morgan fingerprint density at radius 3 is 2.33 bits per heavy atom. The fraction of sp³-hybridized carbons (Fsp3) is 0.545. The minimum atomic E-state index is -0.231. The maximum absolute atomic E-state index is 14.6. The Bertz CT molecular complexity index is 779. The van der Waals surface area contributed by atoms with Crippen LogP contribution in [0.4, 0.5) is 4.39 Å². The first-order valence-electron chi connectivity index (χ1n) is 9.64. The summed E-state index contributed by atoms with van der Waals surface area (Å²) in [5.74, 6) is -0.585. The molecule has 0 aromatic heterocycles. The number of Topliss-reactive ketones (excluding diaryl/α,β-unsaturated/α-hetero) is 1. The van der Waals surface area contributed by atoms with E-state index < -0.39 is 0 Å². The molecule has 1 atom stereocenters. The maximum atomic E-state index is 14.6. The van der Waals surface area contributed by atoms with Crippen molar-refractivity contribution in [3.05, 3.63) is 45.0 Å². The molecule has 0 fully saturated rings. The van der Waals surface area contributed by atoms with Gasteiger partial charge in [-0.05, 0) is 74.8 Å². The van der Waals surface area contributed by atoms with Crippen LogP contribution in [0.3, 0.4) is 0 Å². The highest BCUT2D eigenvalue weighted by atomic mass is 19.1. The zero-order valence-electron chi connectivity index (χ0n) is 17.2. The zero-order chi connectivity index (χ0) is 20.3. The lowest BCUT2D eigenvalue weighted by Crippen LogP contribution is -2.25. The molecule has 0 bridgehead atoms. The number of halogens is 1. The molecule has 0 aliphatic heterocycles. The fourth-order valence-electron chi connectivity index (χ4n) is 3.96. The molecule has 0 heterocycles. The van der Waals surface area contributed by atoms with Crippen LogP contribution in [0.15, 0.2) is 16.5 Å². The summed E-state index contributed by atoms with van der Waals surface area (Å²) in [7, 11) is 0. The number of allylic oxidation sites excluding steroid dienone is 2. The molecule has 0 saturated heterocycles. The van der Waals surface area contributed by atoms with E-state index in [4.69, 9.17) is 4.84 Å². The van der Waals surface area contributed by atoms with Crippen molar-refractivity contribution >= 4 is 11.5 Å². The number of hydrogen-bond donors (Lipinski definition) is 1. The highest BCUT2D eigenvalue weighted by Crippen LogP contribution is 2.40. The average molecular weight is 375 g/mol. The molecule has 0 radical (unpaired) electrons. The van der Waals surface area contributed by atoms with Crippen LogP contribution >= 0.6 is 0 Å². The molecule has 1 aromatic carbocycles. The summed E-state index contributed by atoms with van der Waals surface area (Å²) < 4.78 is 14.6. The third kappa shape index (κ3) is 4.07. The fourth-order valence-corrected chi connectivity index (χ4v) is 3.96. The zero-order valence-corrected chi connectivity index (χ0v) is 17.2. The van der Waals surface area contributed by atoms with Crippen molar-refractivity contribution in [3.63, 3.8) is 0 Å². The van der Waals surface area contributed by atoms with Gasteiger partial charge < -0.3 is 9.94 Å². The van der Waals surface area contributed by atoms with Crippen LogP contribution in [0.5, 0.6) is 0 Å². The van der Waals surface area contributed by atoms with E-state index >= 15 is 0 Å². The van der Waals surface area contributed by atoms with Gasteiger partial charge in [0, 0.05) is 12.8 Å². The standard InChI is InChI=1S/C22H30FNO3/c1-7-9-17(24-27-8-2)21-18(25)10-16(11-19(21)26)20-13(4)12(3)14(5)22(23)15(20)6/h16,25H,7-11H2,1-6H3/b24-17+. The topological polar surface area (TPSA) is 58.9 Å². The summed E-state index contributed by atoms with van der Waals surface area (Å²) in [6.07, 6.45) is 1.89. The summed E-state index contributed by atoms with van der Waals surface area (Å²) in [5, 5.41) is 14.7. The Labute approximate surface area is 161 Å². The Kier molecular flexibility index (Phi) is 6.79. The first-order chi connectivity index (χ1) is 12.7. The Morgan fingerprint density at radius 1 is 1.11 bits per heavy atom. The Morgan fingerprint density at radius 2 is 1.78 bits per heavy atom. The van der Waals surface area contributed by atoms with E-state index in [9.17, 15) is 14.3 Å². The minimum Gasteiger partial charge on any atom is -0.511 e. The van der Waals surface area contributed by atoms with Crippen LogP contribution in [0.2, 0.25) is 0 Å². The second-order valence-corrected chi connectivity index (χ2v) is 7.28. The molecular formula is C22H30FNO3. The number of rotatable bonds is 6. The number of hydrogen-bond acceptors (Lipinski definition) is 4. The highest BCUT2D eigenvalue weighted by molar-refractivity contribution is 6.23. The van der Waals surface area contributed by atoms with Crippen molar-refractivity contribution in [1.29, 1.82) is 0 Å². The van der Waals surface area contributed by atoms with Crippen LogP contribution < -0.4 is 0 Å². The van der Waals surface area contributed by atoms with Gasteiger partial charge in [-0.2, -0.15) is 0 Å². The van der Waals surface area contributed by atoms with Crippen molar-refractivity contribution in [2.24, 2.45) is 5.16 Å².